The Labute approximate surface area is 185 Å². The Hall–Kier alpha value is -2.63. The molecule has 0 unspecified atom stereocenters. The number of piperazine rings is 1. The second-order valence-corrected chi connectivity index (χ2v) is 8.73. The second kappa shape index (κ2) is 8.85. The number of hydrogen-bond acceptors (Lipinski definition) is 3. The van der Waals surface area contributed by atoms with Crippen molar-refractivity contribution in [2.75, 3.05) is 44.7 Å². The first-order valence-corrected chi connectivity index (χ1v) is 11.0. The molecule has 1 saturated heterocycles. The van der Waals surface area contributed by atoms with Crippen molar-refractivity contribution in [2.24, 2.45) is 7.05 Å². The van der Waals surface area contributed by atoms with E-state index in [1.54, 1.807) is 0 Å². The molecule has 0 saturated carbocycles. The van der Waals surface area contributed by atoms with Gasteiger partial charge in [-0.1, -0.05) is 43.8 Å². The number of aromatic nitrogens is 1. The smallest absolute Gasteiger partial charge is 0.241 e. The van der Waals surface area contributed by atoms with E-state index in [2.05, 4.69) is 70.9 Å². The average molecular weight is 419 g/mol. The lowest BCUT2D eigenvalue weighted by Gasteiger charge is -2.34. The molecule has 2 aromatic carbocycles. The summed E-state index contributed by atoms with van der Waals surface area (Å²) in [5.74, 6) is 0.201. The average Bonchev–Trinajstić information content (AvgIpc) is 3.04. The van der Waals surface area contributed by atoms with Crippen LogP contribution in [0.4, 0.5) is 5.69 Å². The summed E-state index contributed by atoms with van der Waals surface area (Å²) in [5, 5.41) is 1.35. The van der Waals surface area contributed by atoms with Gasteiger partial charge in [-0.25, -0.2) is 0 Å². The number of likely N-dealkylation sites (N-methyl/N-ethyl adjacent to an activating group) is 1. The molecule has 3 aromatic rings. The van der Waals surface area contributed by atoms with Gasteiger partial charge in [-0.2, -0.15) is 0 Å². The molecule has 2 aliphatic heterocycles. The van der Waals surface area contributed by atoms with E-state index in [-0.39, 0.29) is 13.3 Å². The molecule has 0 bridgehead atoms. The summed E-state index contributed by atoms with van der Waals surface area (Å²) in [7, 11) is 4.34. The standard InChI is InChI=1S/C25H30N4O.CH4/c1-26-12-11-22-21-9-8-20(16-23(21)27(2)24(22)17-26)29-15-14-28(18-25(29)30)13-10-19-6-4-3-5-7-19;/h3-9,16H,10-15,17-18H2,1-2H3;1H4. The van der Waals surface area contributed by atoms with Crippen molar-refractivity contribution in [3.05, 3.63) is 65.4 Å². The van der Waals surface area contributed by atoms with Crippen LogP contribution in [0.5, 0.6) is 0 Å². The van der Waals surface area contributed by atoms with Crippen LogP contribution in [0.15, 0.2) is 48.5 Å². The number of benzene rings is 2. The van der Waals surface area contributed by atoms with E-state index in [9.17, 15) is 4.79 Å². The first kappa shape index (κ1) is 21.6. The zero-order valence-corrected chi connectivity index (χ0v) is 18.0. The molecular weight excluding hydrogens is 384 g/mol. The number of carbonyl (C=O) groups is 1. The van der Waals surface area contributed by atoms with Gasteiger partial charge >= 0.3 is 0 Å². The normalized spacial score (nSPS) is 17.6. The molecule has 1 amide bonds. The quantitative estimate of drug-likeness (QED) is 0.648. The summed E-state index contributed by atoms with van der Waals surface area (Å²) >= 11 is 0. The Morgan fingerprint density at radius 3 is 2.52 bits per heavy atom. The van der Waals surface area contributed by atoms with E-state index in [0.717, 1.165) is 51.3 Å². The lowest BCUT2D eigenvalue weighted by Crippen LogP contribution is -2.50. The minimum Gasteiger partial charge on any atom is -0.346 e. The maximum atomic E-state index is 12.9. The van der Waals surface area contributed by atoms with E-state index in [0.29, 0.717) is 6.54 Å². The summed E-state index contributed by atoms with van der Waals surface area (Å²) < 4.78 is 2.32. The molecule has 5 heteroatoms. The molecule has 0 aliphatic carbocycles. The first-order valence-electron chi connectivity index (χ1n) is 11.0. The number of anilines is 1. The van der Waals surface area contributed by atoms with Crippen LogP contribution >= 0.6 is 0 Å². The predicted octanol–water partition coefficient (Wildman–Crippen LogP) is 3.69. The highest BCUT2D eigenvalue weighted by Gasteiger charge is 2.26. The Morgan fingerprint density at radius 2 is 1.74 bits per heavy atom. The minimum atomic E-state index is 0. The maximum absolute atomic E-state index is 12.9. The molecule has 3 heterocycles. The fraction of sp³-hybridized carbons (Fsp3) is 0.423. The van der Waals surface area contributed by atoms with Gasteiger partial charge in [0.25, 0.3) is 0 Å². The van der Waals surface area contributed by atoms with Crippen molar-refractivity contribution >= 4 is 22.5 Å². The Morgan fingerprint density at radius 1 is 0.935 bits per heavy atom. The number of hydrogen-bond donors (Lipinski definition) is 0. The molecule has 5 nitrogen and oxygen atoms in total. The molecule has 5 rings (SSSR count). The van der Waals surface area contributed by atoms with Crippen LogP contribution in [0.25, 0.3) is 10.9 Å². The van der Waals surface area contributed by atoms with Gasteiger partial charge in [-0.05, 0) is 43.1 Å². The van der Waals surface area contributed by atoms with Crippen LogP contribution in [0, 0.1) is 0 Å². The number of aryl methyl sites for hydroxylation is 1. The molecular formula is C26H34N4O. The molecule has 2 aliphatic rings. The highest BCUT2D eigenvalue weighted by atomic mass is 16.2. The highest BCUT2D eigenvalue weighted by Crippen LogP contribution is 2.32. The van der Waals surface area contributed by atoms with Gasteiger partial charge in [0.2, 0.25) is 5.91 Å². The third-order valence-corrected chi connectivity index (χ3v) is 6.76. The van der Waals surface area contributed by atoms with Gasteiger partial charge in [0.05, 0.1) is 12.1 Å². The van der Waals surface area contributed by atoms with Crippen molar-refractivity contribution in [3.8, 4) is 0 Å². The van der Waals surface area contributed by atoms with Gasteiger partial charge in [0, 0.05) is 56.5 Å². The van der Waals surface area contributed by atoms with Gasteiger partial charge in [0.1, 0.15) is 0 Å². The topological polar surface area (TPSA) is 31.7 Å². The van der Waals surface area contributed by atoms with Crippen LogP contribution in [0.2, 0.25) is 0 Å². The van der Waals surface area contributed by atoms with E-state index >= 15 is 0 Å². The van der Waals surface area contributed by atoms with Crippen molar-refractivity contribution in [1.82, 2.24) is 14.4 Å². The Kier molecular flexibility index (Phi) is 6.17. The van der Waals surface area contributed by atoms with Crippen LogP contribution < -0.4 is 4.90 Å². The number of nitrogens with zero attached hydrogens (tertiary/aromatic N) is 4. The molecule has 0 N–H and O–H groups in total. The molecule has 0 spiro atoms. The molecule has 1 aromatic heterocycles. The summed E-state index contributed by atoms with van der Waals surface area (Å²) in [5.41, 5.74) is 6.49. The fourth-order valence-corrected chi connectivity index (χ4v) is 4.96. The zero-order valence-electron chi connectivity index (χ0n) is 18.0. The lowest BCUT2D eigenvalue weighted by atomic mass is 10.0. The van der Waals surface area contributed by atoms with E-state index in [1.807, 2.05) is 11.0 Å². The molecule has 0 atom stereocenters. The monoisotopic (exact) mass is 418 g/mol. The minimum absolute atomic E-state index is 0. The van der Waals surface area contributed by atoms with E-state index < -0.39 is 0 Å². The first-order chi connectivity index (χ1) is 14.6. The molecule has 31 heavy (non-hydrogen) atoms. The van der Waals surface area contributed by atoms with Crippen LogP contribution in [-0.4, -0.2) is 60.0 Å². The van der Waals surface area contributed by atoms with Gasteiger partial charge in [-0.15, -0.1) is 0 Å². The van der Waals surface area contributed by atoms with Gasteiger partial charge in [0.15, 0.2) is 0 Å². The van der Waals surface area contributed by atoms with E-state index in [4.69, 9.17) is 0 Å². The SMILES string of the molecule is C.CN1CCc2c(n(C)c3cc(N4CCN(CCc5ccccc5)CC4=O)ccc23)C1. The summed E-state index contributed by atoms with van der Waals surface area (Å²) in [6, 6.07) is 17.1. The maximum Gasteiger partial charge on any atom is 0.241 e. The third-order valence-electron chi connectivity index (χ3n) is 6.76. The Balaban J connectivity index is 0.00000231. The van der Waals surface area contributed by atoms with Crippen molar-refractivity contribution in [2.45, 2.75) is 26.8 Å². The number of rotatable bonds is 4. The number of carbonyl (C=O) groups excluding carboxylic acids is 1. The summed E-state index contributed by atoms with van der Waals surface area (Å²) in [6.07, 6.45) is 2.09. The number of fused-ring (bicyclic) bond motifs is 3. The summed E-state index contributed by atoms with van der Waals surface area (Å²) in [6.45, 7) is 5.21. The van der Waals surface area contributed by atoms with Crippen LogP contribution in [-0.2, 0) is 31.2 Å². The molecule has 164 valence electrons. The highest BCUT2D eigenvalue weighted by molar-refractivity contribution is 5.98. The number of amides is 1. The summed E-state index contributed by atoms with van der Waals surface area (Å²) in [4.78, 5) is 19.6. The molecule has 0 radical (unpaired) electrons. The predicted molar refractivity (Wildman–Crippen MR) is 129 cm³/mol. The fourth-order valence-electron chi connectivity index (χ4n) is 4.96. The van der Waals surface area contributed by atoms with Crippen molar-refractivity contribution in [1.29, 1.82) is 0 Å². The van der Waals surface area contributed by atoms with Crippen molar-refractivity contribution < 1.29 is 4.79 Å². The van der Waals surface area contributed by atoms with Crippen LogP contribution in [0.1, 0.15) is 24.2 Å². The lowest BCUT2D eigenvalue weighted by molar-refractivity contribution is -0.121. The Bertz CT molecular complexity index is 1070. The third kappa shape index (κ3) is 4.12. The van der Waals surface area contributed by atoms with Gasteiger partial charge in [-0.3, -0.25) is 9.69 Å². The van der Waals surface area contributed by atoms with E-state index in [1.165, 1.54) is 27.7 Å². The van der Waals surface area contributed by atoms with Gasteiger partial charge < -0.3 is 14.4 Å². The van der Waals surface area contributed by atoms with Crippen molar-refractivity contribution in [3.63, 3.8) is 0 Å². The second-order valence-electron chi connectivity index (χ2n) is 8.73. The zero-order chi connectivity index (χ0) is 20.7. The van der Waals surface area contributed by atoms with Crippen LogP contribution in [0.3, 0.4) is 0 Å². The largest absolute Gasteiger partial charge is 0.346 e. The molecule has 1 fully saturated rings.